The average molecular weight is 243 g/mol. The third-order valence-electron chi connectivity index (χ3n) is 3.47. The molecule has 3 heteroatoms. The summed E-state index contributed by atoms with van der Waals surface area (Å²) in [6.07, 6.45) is 4.88. The zero-order chi connectivity index (χ0) is 12.9. The smallest absolute Gasteiger partial charge is 0.0897 e. The maximum absolute atomic E-state index is 9.77. The van der Waals surface area contributed by atoms with Gasteiger partial charge in [-0.2, -0.15) is 0 Å². The van der Waals surface area contributed by atoms with Gasteiger partial charge in [0.15, 0.2) is 0 Å². The maximum atomic E-state index is 9.77. The summed E-state index contributed by atoms with van der Waals surface area (Å²) in [6.45, 7) is 9.72. The summed E-state index contributed by atoms with van der Waals surface area (Å²) in [4.78, 5) is 0. The van der Waals surface area contributed by atoms with E-state index in [1.54, 1.807) is 0 Å². The van der Waals surface area contributed by atoms with Crippen LogP contribution in [0.1, 0.15) is 53.4 Å². The first-order valence-electron chi connectivity index (χ1n) is 6.92. The van der Waals surface area contributed by atoms with Crippen LogP contribution in [0, 0.1) is 5.41 Å². The molecule has 1 fully saturated rings. The number of rotatable bonds is 6. The third kappa shape index (κ3) is 6.39. The van der Waals surface area contributed by atoms with Crippen LogP contribution in [0.3, 0.4) is 0 Å². The molecule has 0 saturated heterocycles. The molecule has 1 rings (SSSR count). The molecule has 0 heterocycles. The number of hydrogen-bond donors (Lipinski definition) is 2. The van der Waals surface area contributed by atoms with Gasteiger partial charge in [0, 0.05) is 12.6 Å². The van der Waals surface area contributed by atoms with Gasteiger partial charge in [0.1, 0.15) is 0 Å². The summed E-state index contributed by atoms with van der Waals surface area (Å²) >= 11 is 0. The second kappa shape index (κ2) is 6.72. The first-order valence-corrected chi connectivity index (χ1v) is 6.92. The standard InChI is InChI=1S/C14H29NO2/c1-11(2)17-10-13(16)9-15-12-6-5-7-14(3,4)8-12/h11-13,15-16H,5-10H2,1-4H3. The molecule has 1 aliphatic carbocycles. The Morgan fingerprint density at radius 1 is 1.41 bits per heavy atom. The normalized spacial score (nSPS) is 26.1. The maximum Gasteiger partial charge on any atom is 0.0897 e. The molecule has 2 unspecified atom stereocenters. The lowest BCUT2D eigenvalue weighted by Crippen LogP contribution is -2.42. The van der Waals surface area contributed by atoms with Crippen LogP contribution in [-0.4, -0.2) is 36.5 Å². The Labute approximate surface area is 106 Å². The van der Waals surface area contributed by atoms with E-state index in [0.29, 0.717) is 24.6 Å². The van der Waals surface area contributed by atoms with Crippen LogP contribution < -0.4 is 5.32 Å². The summed E-state index contributed by atoms with van der Waals surface area (Å²) in [5, 5.41) is 13.2. The van der Waals surface area contributed by atoms with E-state index in [1.165, 1.54) is 25.7 Å². The largest absolute Gasteiger partial charge is 0.389 e. The molecule has 17 heavy (non-hydrogen) atoms. The number of ether oxygens (including phenoxy) is 1. The van der Waals surface area contributed by atoms with E-state index in [9.17, 15) is 5.11 Å². The Hall–Kier alpha value is -0.120. The van der Waals surface area contributed by atoms with E-state index >= 15 is 0 Å². The molecule has 2 atom stereocenters. The van der Waals surface area contributed by atoms with Crippen molar-refractivity contribution in [2.75, 3.05) is 13.2 Å². The molecule has 0 aliphatic heterocycles. The van der Waals surface area contributed by atoms with Crippen LogP contribution in [0.2, 0.25) is 0 Å². The van der Waals surface area contributed by atoms with Gasteiger partial charge in [-0.1, -0.05) is 20.3 Å². The fourth-order valence-electron chi connectivity index (χ4n) is 2.54. The highest BCUT2D eigenvalue weighted by Gasteiger charge is 2.27. The van der Waals surface area contributed by atoms with Crippen LogP contribution >= 0.6 is 0 Å². The van der Waals surface area contributed by atoms with Crippen LogP contribution in [0.25, 0.3) is 0 Å². The Bertz CT molecular complexity index is 216. The first kappa shape index (κ1) is 14.9. The lowest BCUT2D eigenvalue weighted by molar-refractivity contribution is 0.00425. The Kier molecular flexibility index (Phi) is 5.90. The molecule has 0 bridgehead atoms. The van der Waals surface area contributed by atoms with Gasteiger partial charge in [0.2, 0.25) is 0 Å². The van der Waals surface area contributed by atoms with Gasteiger partial charge in [-0.15, -0.1) is 0 Å². The third-order valence-corrected chi connectivity index (χ3v) is 3.47. The van der Waals surface area contributed by atoms with Crippen molar-refractivity contribution in [2.24, 2.45) is 5.41 Å². The van der Waals surface area contributed by atoms with Gasteiger partial charge in [0.25, 0.3) is 0 Å². The molecule has 1 aliphatic rings. The van der Waals surface area contributed by atoms with Crippen molar-refractivity contribution in [3.8, 4) is 0 Å². The second-order valence-corrected chi connectivity index (χ2v) is 6.40. The van der Waals surface area contributed by atoms with E-state index in [1.807, 2.05) is 13.8 Å². The van der Waals surface area contributed by atoms with E-state index < -0.39 is 0 Å². The predicted octanol–water partition coefficient (Wildman–Crippen LogP) is 2.33. The van der Waals surface area contributed by atoms with Crippen LogP contribution in [0.15, 0.2) is 0 Å². The van der Waals surface area contributed by atoms with E-state index in [4.69, 9.17) is 4.74 Å². The van der Waals surface area contributed by atoms with Gasteiger partial charge in [0.05, 0.1) is 18.8 Å². The van der Waals surface area contributed by atoms with Crippen LogP contribution in [0.4, 0.5) is 0 Å². The van der Waals surface area contributed by atoms with Crippen molar-refractivity contribution in [1.29, 1.82) is 0 Å². The molecule has 0 spiro atoms. The molecule has 0 aromatic rings. The molecular formula is C14H29NO2. The first-order chi connectivity index (χ1) is 7.89. The fourth-order valence-corrected chi connectivity index (χ4v) is 2.54. The molecule has 1 saturated carbocycles. The highest BCUT2D eigenvalue weighted by atomic mass is 16.5. The van der Waals surface area contributed by atoms with Gasteiger partial charge in [-0.3, -0.25) is 0 Å². The quantitative estimate of drug-likeness (QED) is 0.752. The number of aliphatic hydroxyl groups excluding tert-OH is 1. The lowest BCUT2D eigenvalue weighted by atomic mass is 9.75. The Balaban J connectivity index is 2.17. The molecular weight excluding hydrogens is 214 g/mol. The van der Waals surface area contributed by atoms with E-state index in [-0.39, 0.29) is 12.2 Å². The van der Waals surface area contributed by atoms with E-state index in [2.05, 4.69) is 19.2 Å². The Morgan fingerprint density at radius 3 is 2.71 bits per heavy atom. The van der Waals surface area contributed by atoms with Crippen molar-refractivity contribution in [1.82, 2.24) is 5.32 Å². The SMILES string of the molecule is CC(C)OCC(O)CNC1CCCC(C)(C)C1. The summed E-state index contributed by atoms with van der Waals surface area (Å²) in [7, 11) is 0. The van der Waals surface area contributed by atoms with Crippen LogP contribution in [0.5, 0.6) is 0 Å². The average Bonchev–Trinajstić information content (AvgIpc) is 2.22. The molecule has 3 nitrogen and oxygen atoms in total. The zero-order valence-electron chi connectivity index (χ0n) is 11.8. The predicted molar refractivity (Wildman–Crippen MR) is 71.1 cm³/mol. The number of hydrogen-bond acceptors (Lipinski definition) is 3. The topological polar surface area (TPSA) is 41.5 Å². The molecule has 102 valence electrons. The molecule has 0 amide bonds. The van der Waals surface area contributed by atoms with E-state index in [0.717, 1.165) is 0 Å². The summed E-state index contributed by atoms with van der Waals surface area (Å²) in [5.74, 6) is 0. The van der Waals surface area contributed by atoms with Gasteiger partial charge in [-0.05, 0) is 38.5 Å². The van der Waals surface area contributed by atoms with Crippen molar-refractivity contribution in [3.05, 3.63) is 0 Å². The van der Waals surface area contributed by atoms with Gasteiger partial charge >= 0.3 is 0 Å². The van der Waals surface area contributed by atoms with Gasteiger partial charge < -0.3 is 15.2 Å². The highest BCUT2D eigenvalue weighted by Crippen LogP contribution is 2.34. The highest BCUT2D eigenvalue weighted by molar-refractivity contribution is 4.83. The monoisotopic (exact) mass is 243 g/mol. The Morgan fingerprint density at radius 2 is 2.12 bits per heavy atom. The minimum atomic E-state index is -0.387. The molecule has 0 aromatic carbocycles. The summed E-state index contributed by atoms with van der Waals surface area (Å²) in [5.41, 5.74) is 0.454. The van der Waals surface area contributed by atoms with Gasteiger partial charge in [-0.25, -0.2) is 0 Å². The van der Waals surface area contributed by atoms with Crippen molar-refractivity contribution in [3.63, 3.8) is 0 Å². The van der Waals surface area contributed by atoms with Crippen LogP contribution in [-0.2, 0) is 4.74 Å². The fraction of sp³-hybridized carbons (Fsp3) is 1.00. The van der Waals surface area contributed by atoms with Crippen molar-refractivity contribution >= 4 is 0 Å². The number of aliphatic hydroxyl groups is 1. The van der Waals surface area contributed by atoms with Crippen molar-refractivity contribution in [2.45, 2.75) is 71.6 Å². The summed E-state index contributed by atoms with van der Waals surface area (Å²) in [6, 6.07) is 0.562. The second-order valence-electron chi connectivity index (χ2n) is 6.40. The lowest BCUT2D eigenvalue weighted by Gasteiger charge is -2.36. The minimum absolute atomic E-state index is 0.193. The zero-order valence-corrected chi connectivity index (χ0v) is 11.8. The molecule has 2 N–H and O–H groups in total. The number of nitrogens with one attached hydrogen (secondary N) is 1. The molecule has 0 aromatic heterocycles. The molecule has 0 radical (unpaired) electrons. The minimum Gasteiger partial charge on any atom is -0.389 e. The summed E-state index contributed by atoms with van der Waals surface area (Å²) < 4.78 is 5.39. The van der Waals surface area contributed by atoms with Crippen molar-refractivity contribution < 1.29 is 9.84 Å².